The summed E-state index contributed by atoms with van der Waals surface area (Å²) in [6.07, 6.45) is 3.79. The Morgan fingerprint density at radius 1 is 0.870 bits per heavy atom. The van der Waals surface area contributed by atoms with Crippen LogP contribution in [0.3, 0.4) is 0 Å². The van der Waals surface area contributed by atoms with E-state index in [2.05, 4.69) is 10.6 Å². The van der Waals surface area contributed by atoms with E-state index in [9.17, 15) is 56.4 Å². The summed E-state index contributed by atoms with van der Waals surface area (Å²) >= 11 is 0. The van der Waals surface area contributed by atoms with Crippen molar-refractivity contribution < 1.29 is 51.2 Å². The second-order valence-electron chi connectivity index (χ2n) is 10.9. The molecule has 3 amide bonds. The van der Waals surface area contributed by atoms with E-state index in [-0.39, 0.29) is 31.0 Å². The van der Waals surface area contributed by atoms with E-state index in [4.69, 9.17) is 0 Å². The highest BCUT2D eigenvalue weighted by atomic mass is 19.2. The average Bonchev–Trinajstić information content (AvgIpc) is 3.03. The molecule has 1 aliphatic rings. The lowest BCUT2D eigenvalue weighted by Crippen LogP contribution is -2.48. The number of rotatable bonds is 15. The number of hydrogen-bond acceptors (Lipinski definition) is 6. The van der Waals surface area contributed by atoms with Gasteiger partial charge in [0.05, 0.1) is 4.92 Å². The minimum absolute atomic E-state index is 0.0516. The van der Waals surface area contributed by atoms with Crippen molar-refractivity contribution in [3.05, 3.63) is 74.6 Å². The Bertz CT molecular complexity index is 1420. The van der Waals surface area contributed by atoms with Gasteiger partial charge in [-0.05, 0) is 31.2 Å². The van der Waals surface area contributed by atoms with Crippen molar-refractivity contribution in [3.63, 3.8) is 0 Å². The van der Waals surface area contributed by atoms with Gasteiger partial charge in [-0.2, -0.15) is 0 Å². The maximum Gasteiger partial charge on any atom is 0.326 e. The molecule has 1 heterocycles. The molecule has 2 aromatic rings. The number of likely N-dealkylation sites (tertiary alicyclic amines) is 1. The van der Waals surface area contributed by atoms with Crippen molar-refractivity contribution in [2.75, 3.05) is 19.6 Å². The quantitative estimate of drug-likeness (QED) is 0.0640. The van der Waals surface area contributed by atoms with Crippen LogP contribution in [0.1, 0.15) is 67.3 Å². The Kier molecular flexibility index (Phi) is 12.9. The summed E-state index contributed by atoms with van der Waals surface area (Å²) in [7, 11) is 0. The standard InChI is InChI=1S/C30H33F5N4O7/c31-23-22(24(32)26(34)27(35)25(23)33)29(42)36-13-5-3-1-2-4-6-21(40)38-14-11-18(12-15-38)28(41)37-20(30(43)44)16-17-7-9-19(10-8-17)39(45)46/h7-10,18,20H,1-6,11-16H2,(H,36,42)(H,37,41)(H,43,44)/t20-/m0/s1. The van der Waals surface area contributed by atoms with Gasteiger partial charge in [0, 0.05) is 50.5 Å². The van der Waals surface area contributed by atoms with Crippen LogP contribution < -0.4 is 10.6 Å². The highest BCUT2D eigenvalue weighted by Crippen LogP contribution is 2.23. The number of aliphatic carboxylic acids is 1. The van der Waals surface area contributed by atoms with Crippen LogP contribution in [0, 0.1) is 45.1 Å². The number of hydrogen-bond donors (Lipinski definition) is 3. The number of amides is 3. The van der Waals surface area contributed by atoms with Crippen LogP contribution in [0.2, 0.25) is 0 Å². The molecule has 16 heteroatoms. The summed E-state index contributed by atoms with van der Waals surface area (Å²) in [5.41, 5.74) is -1.16. The summed E-state index contributed by atoms with van der Waals surface area (Å²) < 4.78 is 67.1. The second-order valence-corrected chi connectivity index (χ2v) is 10.9. The van der Waals surface area contributed by atoms with E-state index in [0.717, 1.165) is 0 Å². The third-order valence-corrected chi connectivity index (χ3v) is 7.71. The fourth-order valence-electron chi connectivity index (χ4n) is 5.05. The first-order valence-corrected chi connectivity index (χ1v) is 14.7. The number of nitro benzene ring substituents is 1. The molecule has 1 saturated heterocycles. The Hall–Kier alpha value is -4.63. The number of halogens is 5. The number of nitrogens with one attached hydrogen (secondary N) is 2. The van der Waals surface area contributed by atoms with E-state index in [1.165, 1.54) is 24.3 Å². The summed E-state index contributed by atoms with van der Waals surface area (Å²) in [5, 5.41) is 25.0. The predicted molar refractivity (Wildman–Crippen MR) is 152 cm³/mol. The van der Waals surface area contributed by atoms with Crippen molar-refractivity contribution in [3.8, 4) is 0 Å². The zero-order valence-electron chi connectivity index (χ0n) is 24.6. The molecule has 0 bridgehead atoms. The van der Waals surface area contributed by atoms with Gasteiger partial charge in [-0.3, -0.25) is 24.5 Å². The van der Waals surface area contributed by atoms with Gasteiger partial charge in [-0.25, -0.2) is 26.7 Å². The molecular formula is C30H33F5N4O7. The van der Waals surface area contributed by atoms with Gasteiger partial charge in [-0.1, -0.05) is 31.4 Å². The molecule has 3 N–H and O–H groups in total. The Balaban J connectivity index is 1.31. The summed E-state index contributed by atoms with van der Waals surface area (Å²) in [6, 6.07) is 4.16. The molecule has 2 aromatic carbocycles. The minimum atomic E-state index is -2.34. The molecule has 46 heavy (non-hydrogen) atoms. The van der Waals surface area contributed by atoms with Crippen molar-refractivity contribution >= 4 is 29.4 Å². The molecule has 250 valence electrons. The van der Waals surface area contributed by atoms with Gasteiger partial charge in [0.2, 0.25) is 17.6 Å². The monoisotopic (exact) mass is 656 g/mol. The molecule has 3 rings (SSSR count). The van der Waals surface area contributed by atoms with Crippen LogP contribution in [0.5, 0.6) is 0 Å². The number of unbranched alkanes of at least 4 members (excludes halogenated alkanes) is 4. The second kappa shape index (κ2) is 16.6. The van der Waals surface area contributed by atoms with E-state index < -0.39 is 69.3 Å². The molecule has 0 aromatic heterocycles. The molecule has 1 aliphatic heterocycles. The summed E-state index contributed by atoms with van der Waals surface area (Å²) in [4.78, 5) is 60.9. The lowest BCUT2D eigenvalue weighted by molar-refractivity contribution is -0.384. The van der Waals surface area contributed by atoms with E-state index in [1.807, 2.05) is 0 Å². The molecule has 0 radical (unpaired) electrons. The van der Waals surface area contributed by atoms with Crippen LogP contribution in [-0.4, -0.2) is 64.3 Å². The Morgan fingerprint density at radius 2 is 1.41 bits per heavy atom. The summed E-state index contributed by atoms with van der Waals surface area (Å²) in [5.74, 6) is -14.8. The minimum Gasteiger partial charge on any atom is -0.480 e. The first-order chi connectivity index (χ1) is 21.8. The highest BCUT2D eigenvalue weighted by molar-refractivity contribution is 5.94. The van der Waals surface area contributed by atoms with Gasteiger partial charge < -0.3 is 20.6 Å². The van der Waals surface area contributed by atoms with Crippen LogP contribution in [0.4, 0.5) is 27.6 Å². The van der Waals surface area contributed by atoms with Gasteiger partial charge in [0.25, 0.3) is 11.6 Å². The van der Waals surface area contributed by atoms with Crippen molar-refractivity contribution in [2.24, 2.45) is 5.92 Å². The summed E-state index contributed by atoms with van der Waals surface area (Å²) in [6.45, 7) is 0.615. The number of carboxylic acids is 1. The number of carbonyl (C=O) groups is 4. The van der Waals surface area contributed by atoms with Gasteiger partial charge >= 0.3 is 5.97 Å². The first kappa shape index (κ1) is 35.8. The maximum atomic E-state index is 13.7. The van der Waals surface area contributed by atoms with Gasteiger partial charge in [0.1, 0.15) is 11.6 Å². The fraction of sp³-hybridized carbons (Fsp3) is 0.467. The lowest BCUT2D eigenvalue weighted by Gasteiger charge is -2.32. The molecule has 0 unspecified atom stereocenters. The van der Waals surface area contributed by atoms with Crippen LogP contribution >= 0.6 is 0 Å². The molecule has 0 aliphatic carbocycles. The topological polar surface area (TPSA) is 159 Å². The van der Waals surface area contributed by atoms with Crippen molar-refractivity contribution in [2.45, 2.75) is 63.8 Å². The Labute approximate surface area is 260 Å². The molecule has 0 saturated carbocycles. The zero-order chi connectivity index (χ0) is 34.0. The predicted octanol–water partition coefficient (Wildman–Crippen LogP) is 4.41. The molecule has 1 fully saturated rings. The third-order valence-electron chi connectivity index (χ3n) is 7.71. The molecule has 11 nitrogen and oxygen atoms in total. The number of non-ortho nitro benzene ring substituents is 1. The Morgan fingerprint density at radius 3 is 1.98 bits per heavy atom. The highest BCUT2D eigenvalue weighted by Gasteiger charge is 2.31. The lowest BCUT2D eigenvalue weighted by atomic mass is 9.94. The van der Waals surface area contributed by atoms with Gasteiger partial charge in [0.15, 0.2) is 23.3 Å². The van der Waals surface area contributed by atoms with Crippen molar-refractivity contribution in [1.29, 1.82) is 0 Å². The number of carboxylic acid groups (broad SMARTS) is 1. The number of piperidine rings is 1. The number of benzene rings is 2. The largest absolute Gasteiger partial charge is 0.480 e. The first-order valence-electron chi connectivity index (χ1n) is 14.7. The molecule has 1 atom stereocenters. The average molecular weight is 657 g/mol. The van der Waals surface area contributed by atoms with E-state index in [0.29, 0.717) is 63.6 Å². The van der Waals surface area contributed by atoms with E-state index >= 15 is 0 Å². The van der Waals surface area contributed by atoms with Crippen LogP contribution in [0.25, 0.3) is 0 Å². The fourth-order valence-corrected chi connectivity index (χ4v) is 5.05. The van der Waals surface area contributed by atoms with Gasteiger partial charge in [-0.15, -0.1) is 0 Å². The zero-order valence-corrected chi connectivity index (χ0v) is 24.6. The van der Waals surface area contributed by atoms with Crippen LogP contribution in [-0.2, 0) is 20.8 Å². The molecule has 0 spiro atoms. The van der Waals surface area contributed by atoms with Crippen molar-refractivity contribution in [1.82, 2.24) is 15.5 Å². The SMILES string of the molecule is O=C(NCCCCCCCC(=O)N1CCC(C(=O)N[C@@H](Cc2ccc([N+](=O)[O-])cc2)C(=O)O)CC1)c1c(F)c(F)c(F)c(F)c1F. The smallest absolute Gasteiger partial charge is 0.326 e. The maximum absolute atomic E-state index is 13.7. The normalized spacial score (nSPS) is 14.1. The third kappa shape index (κ3) is 9.44. The van der Waals surface area contributed by atoms with Crippen LogP contribution in [0.15, 0.2) is 24.3 Å². The molecular weight excluding hydrogens is 623 g/mol. The number of carbonyl (C=O) groups excluding carboxylic acids is 3. The number of nitro groups is 1. The van der Waals surface area contributed by atoms with E-state index in [1.54, 1.807) is 4.90 Å². The number of nitrogens with zero attached hydrogens (tertiary/aromatic N) is 2.